The molecule has 0 saturated carbocycles. The molecule has 0 aliphatic carbocycles. The number of aliphatic hydroxyl groups excluding tert-OH is 1. The number of benzene rings is 2. The van der Waals surface area contributed by atoms with Crippen LogP contribution in [0.1, 0.15) is 55.4 Å². The van der Waals surface area contributed by atoms with E-state index in [0.29, 0.717) is 24.9 Å². The molecular weight excluding hydrogens is 464 g/mol. The largest absolute Gasteiger partial charge is 0.481 e. The first-order chi connectivity index (χ1) is 16.2. The second kappa shape index (κ2) is 14.4. The molecule has 2 N–H and O–H groups in total. The summed E-state index contributed by atoms with van der Waals surface area (Å²) >= 11 is 5.41. The van der Waals surface area contributed by atoms with E-state index in [9.17, 15) is 18.7 Å². The van der Waals surface area contributed by atoms with Gasteiger partial charge in [-0.2, -0.15) is 0 Å². The van der Waals surface area contributed by atoms with Crippen LogP contribution in [0.3, 0.4) is 0 Å². The van der Waals surface area contributed by atoms with E-state index >= 15 is 0 Å². The third-order valence-electron chi connectivity index (χ3n) is 5.67. The molecule has 0 radical (unpaired) electrons. The highest BCUT2D eigenvalue weighted by molar-refractivity contribution is 6.30. The third kappa shape index (κ3) is 9.66. The third-order valence-corrected chi connectivity index (χ3v) is 5.97. The van der Waals surface area contributed by atoms with Crippen LogP contribution >= 0.6 is 11.6 Å². The number of ether oxygens (including phenoxy) is 1. The van der Waals surface area contributed by atoms with Gasteiger partial charge in [-0.15, -0.1) is 0 Å². The maximum atomic E-state index is 13.7. The lowest BCUT2D eigenvalue weighted by atomic mass is 9.97. The monoisotopic (exact) mass is 497 g/mol. The molecule has 2 aromatic carbocycles. The standard InChI is InChI=1S/C19H28FNO4.C7H6ClF/c1-2-18(25-13-16(22)12-21-9-3-4-10-21)17-11-15(20)7-5-14(17)6-8-19(23)24;1-5-2-3-6(8)7(9)4-5/h5,7,11,16,18,22H,2-4,6,8-10,12-13H2,1H3,(H,23,24);2-4H,1H3. The summed E-state index contributed by atoms with van der Waals surface area (Å²) in [6.45, 7) is 6.55. The number of carboxylic acids is 1. The Bertz CT molecular complexity index is 922. The molecule has 8 heteroatoms. The number of halogens is 3. The number of nitrogens with zero attached hydrogens (tertiary/aromatic N) is 1. The molecule has 5 nitrogen and oxygen atoms in total. The molecular formula is C26H34ClF2NO4. The summed E-state index contributed by atoms with van der Waals surface area (Å²) in [6, 6.07) is 9.11. The smallest absolute Gasteiger partial charge is 0.303 e. The summed E-state index contributed by atoms with van der Waals surface area (Å²) in [4.78, 5) is 13.0. The Balaban J connectivity index is 0.000000379. The van der Waals surface area contributed by atoms with Crippen LogP contribution in [0, 0.1) is 18.6 Å². The number of hydrogen-bond acceptors (Lipinski definition) is 4. The van der Waals surface area contributed by atoms with Gasteiger partial charge in [0.05, 0.1) is 23.8 Å². The average Bonchev–Trinajstić information content (AvgIpc) is 3.29. The van der Waals surface area contributed by atoms with Crippen LogP contribution < -0.4 is 0 Å². The van der Waals surface area contributed by atoms with E-state index in [-0.39, 0.29) is 35.8 Å². The summed E-state index contributed by atoms with van der Waals surface area (Å²) in [5, 5.41) is 19.2. The van der Waals surface area contributed by atoms with Gasteiger partial charge in [-0.25, -0.2) is 8.78 Å². The van der Waals surface area contributed by atoms with Gasteiger partial charge in [0.15, 0.2) is 0 Å². The fourth-order valence-electron chi connectivity index (χ4n) is 3.91. The number of carboxylic acid groups (broad SMARTS) is 1. The Labute approximate surface area is 205 Å². The van der Waals surface area contributed by atoms with E-state index in [2.05, 4.69) is 4.90 Å². The second-order valence-electron chi connectivity index (χ2n) is 8.55. The molecule has 1 fully saturated rings. The van der Waals surface area contributed by atoms with E-state index < -0.39 is 12.1 Å². The van der Waals surface area contributed by atoms with Gasteiger partial charge in [0.25, 0.3) is 0 Å². The Hall–Kier alpha value is -2.06. The number of rotatable bonds is 10. The minimum Gasteiger partial charge on any atom is -0.481 e. The van der Waals surface area contributed by atoms with Gasteiger partial charge in [0.1, 0.15) is 11.6 Å². The molecule has 1 aliphatic rings. The Morgan fingerprint density at radius 3 is 2.47 bits per heavy atom. The van der Waals surface area contributed by atoms with Crippen molar-refractivity contribution in [1.29, 1.82) is 0 Å². The van der Waals surface area contributed by atoms with E-state index in [0.717, 1.165) is 24.2 Å². The fourth-order valence-corrected chi connectivity index (χ4v) is 4.02. The van der Waals surface area contributed by atoms with Gasteiger partial charge in [0, 0.05) is 13.0 Å². The molecule has 2 atom stereocenters. The maximum Gasteiger partial charge on any atom is 0.303 e. The van der Waals surface area contributed by atoms with E-state index in [1.807, 2.05) is 13.8 Å². The van der Waals surface area contributed by atoms with Crippen molar-refractivity contribution < 1.29 is 28.5 Å². The summed E-state index contributed by atoms with van der Waals surface area (Å²) in [6.07, 6.45) is 2.35. The van der Waals surface area contributed by atoms with Crippen molar-refractivity contribution in [2.45, 2.75) is 58.2 Å². The van der Waals surface area contributed by atoms with Crippen LogP contribution in [0.2, 0.25) is 5.02 Å². The molecule has 3 rings (SSSR count). The van der Waals surface area contributed by atoms with Crippen molar-refractivity contribution in [1.82, 2.24) is 4.90 Å². The van der Waals surface area contributed by atoms with Gasteiger partial charge < -0.3 is 19.8 Å². The molecule has 2 aromatic rings. The minimum absolute atomic E-state index is 0.00729. The predicted molar refractivity (Wildman–Crippen MR) is 129 cm³/mol. The number of likely N-dealkylation sites (tertiary alicyclic amines) is 1. The van der Waals surface area contributed by atoms with E-state index in [1.54, 1.807) is 18.2 Å². The Kier molecular flexibility index (Phi) is 11.9. The van der Waals surface area contributed by atoms with E-state index in [4.69, 9.17) is 21.4 Å². The highest BCUT2D eigenvalue weighted by Gasteiger charge is 2.20. The van der Waals surface area contributed by atoms with Crippen LogP contribution in [0.4, 0.5) is 8.78 Å². The Morgan fingerprint density at radius 1 is 1.18 bits per heavy atom. The summed E-state index contributed by atoms with van der Waals surface area (Å²) in [5.41, 5.74) is 2.35. The lowest BCUT2D eigenvalue weighted by Crippen LogP contribution is -2.33. The zero-order valence-corrected chi connectivity index (χ0v) is 20.5. The molecule has 0 spiro atoms. The quantitative estimate of drug-likeness (QED) is 0.450. The van der Waals surface area contributed by atoms with Crippen molar-refractivity contribution in [3.8, 4) is 0 Å². The molecule has 0 bridgehead atoms. The molecule has 0 amide bonds. The maximum absolute atomic E-state index is 13.7. The van der Waals surface area contributed by atoms with Crippen LogP contribution in [-0.4, -0.2) is 53.4 Å². The van der Waals surface area contributed by atoms with E-state index in [1.165, 1.54) is 31.0 Å². The van der Waals surface area contributed by atoms with Crippen LogP contribution in [-0.2, 0) is 16.0 Å². The number of carbonyl (C=O) groups is 1. The summed E-state index contributed by atoms with van der Waals surface area (Å²) in [5.74, 6) is -1.60. The lowest BCUT2D eigenvalue weighted by molar-refractivity contribution is -0.136. The van der Waals surface area contributed by atoms with Crippen molar-refractivity contribution in [3.63, 3.8) is 0 Å². The van der Waals surface area contributed by atoms with Gasteiger partial charge in [-0.05, 0) is 86.7 Å². The normalized spacial score (nSPS) is 15.5. The molecule has 188 valence electrons. The van der Waals surface area contributed by atoms with Crippen molar-refractivity contribution in [3.05, 3.63) is 69.7 Å². The summed E-state index contributed by atoms with van der Waals surface area (Å²) in [7, 11) is 0. The first-order valence-electron chi connectivity index (χ1n) is 11.6. The predicted octanol–water partition coefficient (Wildman–Crippen LogP) is 5.55. The number of β-amino-alcohol motifs (C(OH)–C–C–N with tert-alkyl or cyclic N) is 1. The highest BCUT2D eigenvalue weighted by atomic mass is 35.5. The number of hydrogen-bond donors (Lipinski definition) is 2. The molecule has 2 unspecified atom stereocenters. The number of aliphatic hydroxyl groups is 1. The fraction of sp³-hybridized carbons (Fsp3) is 0.500. The van der Waals surface area contributed by atoms with Crippen LogP contribution in [0.5, 0.6) is 0 Å². The molecule has 1 aliphatic heterocycles. The number of aliphatic carboxylic acids is 1. The molecule has 1 heterocycles. The lowest BCUT2D eigenvalue weighted by Gasteiger charge is -2.24. The van der Waals surface area contributed by atoms with Crippen molar-refractivity contribution in [2.24, 2.45) is 0 Å². The first kappa shape index (κ1) is 28.2. The van der Waals surface area contributed by atoms with Crippen molar-refractivity contribution >= 4 is 17.6 Å². The topological polar surface area (TPSA) is 70.0 Å². The van der Waals surface area contributed by atoms with Crippen LogP contribution in [0.15, 0.2) is 36.4 Å². The van der Waals surface area contributed by atoms with Gasteiger partial charge in [-0.1, -0.05) is 30.7 Å². The molecule has 0 aromatic heterocycles. The number of aryl methyl sites for hydroxylation is 2. The highest BCUT2D eigenvalue weighted by Crippen LogP contribution is 2.27. The molecule has 34 heavy (non-hydrogen) atoms. The summed E-state index contributed by atoms with van der Waals surface area (Å²) < 4.78 is 32.0. The second-order valence-corrected chi connectivity index (χ2v) is 8.95. The average molecular weight is 498 g/mol. The molecule has 1 saturated heterocycles. The zero-order chi connectivity index (χ0) is 25.1. The Morgan fingerprint density at radius 2 is 1.88 bits per heavy atom. The minimum atomic E-state index is -0.884. The SMILES string of the molecule is CCC(OCC(O)CN1CCCC1)c1cc(F)ccc1CCC(=O)O.Cc1ccc(Cl)c(F)c1. The van der Waals surface area contributed by atoms with Gasteiger partial charge >= 0.3 is 5.97 Å². The van der Waals surface area contributed by atoms with Gasteiger partial charge in [0.2, 0.25) is 0 Å². The van der Waals surface area contributed by atoms with Crippen molar-refractivity contribution in [2.75, 3.05) is 26.2 Å². The van der Waals surface area contributed by atoms with Gasteiger partial charge in [-0.3, -0.25) is 4.79 Å². The first-order valence-corrected chi connectivity index (χ1v) is 12.0. The van der Waals surface area contributed by atoms with Crippen LogP contribution in [0.25, 0.3) is 0 Å². The zero-order valence-electron chi connectivity index (χ0n) is 19.8.